The molecule has 0 radical (unpaired) electrons. The van der Waals surface area contributed by atoms with Gasteiger partial charge in [0.05, 0.1) is 0 Å². The van der Waals surface area contributed by atoms with Crippen LogP contribution in [0.4, 0.5) is 10.1 Å². The normalized spacial score (nSPS) is 14.1. The van der Waals surface area contributed by atoms with E-state index in [0.717, 1.165) is 47.2 Å². The zero-order valence-corrected chi connectivity index (χ0v) is 8.36. The molecule has 0 amide bonds. The van der Waals surface area contributed by atoms with E-state index in [1.54, 1.807) is 0 Å². The van der Waals surface area contributed by atoms with E-state index in [1.165, 1.54) is 6.07 Å². The average molecular weight is 191 g/mol. The van der Waals surface area contributed by atoms with Crippen molar-refractivity contribution in [2.75, 3.05) is 5.73 Å². The average Bonchev–Trinajstić information content (AvgIpc) is 2.59. The first-order chi connectivity index (χ1) is 6.61. The molecule has 1 nitrogen and oxygen atoms in total. The molecule has 2 heteroatoms. The largest absolute Gasteiger partial charge is 0.398 e. The van der Waals surface area contributed by atoms with Gasteiger partial charge >= 0.3 is 0 Å². The molecule has 0 unspecified atom stereocenters. The van der Waals surface area contributed by atoms with Gasteiger partial charge in [-0.15, -0.1) is 0 Å². The van der Waals surface area contributed by atoms with E-state index in [4.69, 9.17) is 5.73 Å². The SMILES string of the molecule is C=C(C)c1cc(F)c2c(c1N)CCC2. The summed E-state index contributed by atoms with van der Waals surface area (Å²) in [7, 11) is 0. The van der Waals surface area contributed by atoms with Gasteiger partial charge in [0.2, 0.25) is 0 Å². The van der Waals surface area contributed by atoms with E-state index in [1.807, 2.05) is 6.92 Å². The second-order valence-electron chi connectivity index (χ2n) is 3.91. The maximum absolute atomic E-state index is 13.6. The van der Waals surface area contributed by atoms with Crippen LogP contribution in [0.15, 0.2) is 12.6 Å². The first kappa shape index (κ1) is 9.25. The van der Waals surface area contributed by atoms with Crippen molar-refractivity contribution in [3.05, 3.63) is 35.2 Å². The van der Waals surface area contributed by atoms with Gasteiger partial charge in [0.1, 0.15) is 5.82 Å². The summed E-state index contributed by atoms with van der Waals surface area (Å²) in [5.74, 6) is -0.121. The number of allylic oxidation sites excluding steroid dienone is 1. The van der Waals surface area contributed by atoms with Crippen LogP contribution in [0.25, 0.3) is 5.57 Å². The van der Waals surface area contributed by atoms with Crippen molar-refractivity contribution in [1.29, 1.82) is 0 Å². The smallest absolute Gasteiger partial charge is 0.127 e. The second-order valence-corrected chi connectivity index (χ2v) is 3.91. The quantitative estimate of drug-likeness (QED) is 0.678. The van der Waals surface area contributed by atoms with E-state index in [-0.39, 0.29) is 5.82 Å². The Hall–Kier alpha value is -1.31. The predicted molar refractivity (Wildman–Crippen MR) is 57.5 cm³/mol. The molecule has 1 aromatic rings. The molecule has 0 heterocycles. The zero-order valence-electron chi connectivity index (χ0n) is 8.36. The number of benzene rings is 1. The Labute approximate surface area is 83.4 Å². The number of fused-ring (bicyclic) bond motifs is 1. The molecule has 2 N–H and O–H groups in total. The maximum atomic E-state index is 13.6. The fraction of sp³-hybridized carbons (Fsp3) is 0.333. The molecule has 0 saturated heterocycles. The van der Waals surface area contributed by atoms with Gasteiger partial charge in [-0.25, -0.2) is 4.39 Å². The summed E-state index contributed by atoms with van der Waals surface area (Å²) in [5, 5.41) is 0. The number of nitrogen functional groups attached to an aromatic ring is 1. The number of hydrogen-bond donors (Lipinski definition) is 1. The minimum atomic E-state index is -0.121. The van der Waals surface area contributed by atoms with Crippen LogP contribution in [0.5, 0.6) is 0 Å². The summed E-state index contributed by atoms with van der Waals surface area (Å²) >= 11 is 0. The number of rotatable bonds is 1. The zero-order chi connectivity index (χ0) is 10.3. The Balaban J connectivity index is 2.68. The predicted octanol–water partition coefficient (Wildman–Crippen LogP) is 2.93. The summed E-state index contributed by atoms with van der Waals surface area (Å²) in [6, 6.07) is 1.52. The lowest BCUT2D eigenvalue weighted by molar-refractivity contribution is 0.612. The molecule has 0 fully saturated rings. The first-order valence-electron chi connectivity index (χ1n) is 4.87. The van der Waals surface area contributed by atoms with E-state index < -0.39 is 0 Å². The third-order valence-electron chi connectivity index (χ3n) is 2.85. The van der Waals surface area contributed by atoms with E-state index in [2.05, 4.69) is 6.58 Å². The lowest BCUT2D eigenvalue weighted by Gasteiger charge is -2.11. The van der Waals surface area contributed by atoms with Crippen molar-refractivity contribution in [3.63, 3.8) is 0 Å². The van der Waals surface area contributed by atoms with Crippen molar-refractivity contribution < 1.29 is 4.39 Å². The standard InChI is InChI=1S/C12H14FN/c1-7(2)10-6-11(13)8-4-3-5-9(8)12(10)14/h6H,1,3-5,14H2,2H3. The van der Waals surface area contributed by atoms with Crippen molar-refractivity contribution in [3.8, 4) is 0 Å². The number of nitrogens with two attached hydrogens (primary N) is 1. The maximum Gasteiger partial charge on any atom is 0.127 e. The Morgan fingerprint density at radius 2 is 2.07 bits per heavy atom. The Kier molecular flexibility index (Phi) is 2.06. The van der Waals surface area contributed by atoms with Crippen LogP contribution >= 0.6 is 0 Å². The van der Waals surface area contributed by atoms with Gasteiger partial charge in [-0.3, -0.25) is 0 Å². The van der Waals surface area contributed by atoms with E-state index in [9.17, 15) is 4.39 Å². The fourth-order valence-electron chi connectivity index (χ4n) is 2.11. The Bertz CT molecular complexity index is 407. The van der Waals surface area contributed by atoms with Gasteiger partial charge in [-0.2, -0.15) is 0 Å². The highest BCUT2D eigenvalue weighted by Crippen LogP contribution is 2.34. The molecule has 0 atom stereocenters. The Morgan fingerprint density at radius 3 is 2.71 bits per heavy atom. The molecular formula is C12H14FN. The molecule has 74 valence electrons. The van der Waals surface area contributed by atoms with Gasteiger partial charge in [0.25, 0.3) is 0 Å². The van der Waals surface area contributed by atoms with Crippen LogP contribution in [-0.2, 0) is 12.8 Å². The molecule has 14 heavy (non-hydrogen) atoms. The van der Waals surface area contributed by atoms with E-state index >= 15 is 0 Å². The first-order valence-corrected chi connectivity index (χ1v) is 4.87. The van der Waals surface area contributed by atoms with Gasteiger partial charge < -0.3 is 5.73 Å². The third-order valence-corrected chi connectivity index (χ3v) is 2.85. The van der Waals surface area contributed by atoms with Crippen LogP contribution in [-0.4, -0.2) is 0 Å². The summed E-state index contributed by atoms with van der Waals surface area (Å²) < 4.78 is 13.6. The van der Waals surface area contributed by atoms with Crippen LogP contribution in [0.3, 0.4) is 0 Å². The molecule has 0 saturated carbocycles. The molecule has 0 spiro atoms. The van der Waals surface area contributed by atoms with Crippen LogP contribution < -0.4 is 5.73 Å². The highest BCUT2D eigenvalue weighted by molar-refractivity contribution is 5.76. The van der Waals surface area contributed by atoms with Crippen LogP contribution in [0.2, 0.25) is 0 Å². The summed E-state index contributed by atoms with van der Waals surface area (Å²) in [4.78, 5) is 0. The minimum absolute atomic E-state index is 0.121. The molecule has 1 aliphatic rings. The summed E-state index contributed by atoms with van der Waals surface area (Å²) in [5.41, 5.74) is 10.1. The molecule has 0 aliphatic heterocycles. The molecule has 0 bridgehead atoms. The minimum Gasteiger partial charge on any atom is -0.398 e. The van der Waals surface area contributed by atoms with Crippen molar-refractivity contribution >= 4 is 11.3 Å². The van der Waals surface area contributed by atoms with Crippen molar-refractivity contribution in [2.24, 2.45) is 0 Å². The topological polar surface area (TPSA) is 26.0 Å². The van der Waals surface area contributed by atoms with Gasteiger partial charge in [-0.05, 0) is 49.0 Å². The molecule has 1 aromatic carbocycles. The van der Waals surface area contributed by atoms with Gasteiger partial charge in [0.15, 0.2) is 0 Å². The number of hydrogen-bond acceptors (Lipinski definition) is 1. The molecular weight excluding hydrogens is 177 g/mol. The van der Waals surface area contributed by atoms with Crippen LogP contribution in [0.1, 0.15) is 30.0 Å². The van der Waals surface area contributed by atoms with Crippen molar-refractivity contribution in [2.45, 2.75) is 26.2 Å². The monoisotopic (exact) mass is 191 g/mol. The van der Waals surface area contributed by atoms with E-state index in [0.29, 0.717) is 0 Å². The lowest BCUT2D eigenvalue weighted by atomic mass is 9.99. The third kappa shape index (κ3) is 1.22. The molecule has 1 aliphatic carbocycles. The number of anilines is 1. The lowest BCUT2D eigenvalue weighted by Crippen LogP contribution is -2.01. The highest BCUT2D eigenvalue weighted by Gasteiger charge is 2.20. The summed E-state index contributed by atoms with van der Waals surface area (Å²) in [6.45, 7) is 5.66. The molecule has 2 rings (SSSR count). The van der Waals surface area contributed by atoms with Gasteiger partial charge in [-0.1, -0.05) is 6.58 Å². The molecule has 0 aromatic heterocycles. The van der Waals surface area contributed by atoms with Crippen LogP contribution in [0, 0.1) is 5.82 Å². The summed E-state index contributed by atoms with van der Waals surface area (Å²) in [6.07, 6.45) is 2.73. The highest BCUT2D eigenvalue weighted by atomic mass is 19.1. The number of halogens is 1. The Morgan fingerprint density at radius 1 is 1.43 bits per heavy atom. The van der Waals surface area contributed by atoms with Gasteiger partial charge in [0, 0.05) is 11.3 Å². The second kappa shape index (κ2) is 3.12. The fourth-order valence-corrected chi connectivity index (χ4v) is 2.11. The van der Waals surface area contributed by atoms with Crippen molar-refractivity contribution in [1.82, 2.24) is 0 Å².